The lowest BCUT2D eigenvalue weighted by atomic mass is 10.2. The van der Waals surface area contributed by atoms with Gasteiger partial charge in [0.1, 0.15) is 10.8 Å². The number of carbonyl (C=O) groups excluding carboxylic acids is 2. The number of rotatable bonds is 5. The highest BCUT2D eigenvalue weighted by Gasteiger charge is 2.14. The number of hydrogen-bond acceptors (Lipinski definition) is 7. The first kappa shape index (κ1) is 15.4. The standard InChI is InChI=1S/C14H12N4O3S2/c1-8-10(2-4-21-8)12(20)15-6-11(19)16-14-18-17-13(23-14)9-3-5-22-7-9/h2-5,7H,6H2,1H3,(H,15,20)(H,16,18,19). The zero-order valence-corrected chi connectivity index (χ0v) is 13.7. The smallest absolute Gasteiger partial charge is 0.255 e. The number of aromatic nitrogens is 2. The summed E-state index contributed by atoms with van der Waals surface area (Å²) in [5.74, 6) is -0.220. The monoisotopic (exact) mass is 348 g/mol. The van der Waals surface area contributed by atoms with Crippen molar-refractivity contribution in [2.75, 3.05) is 11.9 Å². The van der Waals surface area contributed by atoms with Gasteiger partial charge in [0.15, 0.2) is 0 Å². The van der Waals surface area contributed by atoms with Crippen molar-refractivity contribution in [3.8, 4) is 10.6 Å². The van der Waals surface area contributed by atoms with Crippen LogP contribution in [0.4, 0.5) is 5.13 Å². The van der Waals surface area contributed by atoms with Gasteiger partial charge in [-0.1, -0.05) is 11.3 Å². The van der Waals surface area contributed by atoms with Gasteiger partial charge in [0, 0.05) is 10.9 Å². The number of aryl methyl sites for hydroxylation is 1. The Balaban J connectivity index is 1.54. The maximum absolute atomic E-state index is 11.9. The van der Waals surface area contributed by atoms with Gasteiger partial charge >= 0.3 is 0 Å². The Bertz CT molecular complexity index is 823. The van der Waals surface area contributed by atoms with E-state index in [-0.39, 0.29) is 18.4 Å². The van der Waals surface area contributed by atoms with Crippen LogP contribution in [0.25, 0.3) is 10.6 Å². The largest absolute Gasteiger partial charge is 0.469 e. The number of nitrogens with zero attached hydrogens (tertiary/aromatic N) is 2. The van der Waals surface area contributed by atoms with Crippen molar-refractivity contribution in [2.24, 2.45) is 0 Å². The predicted octanol–water partition coefficient (Wildman–Crippen LogP) is 2.54. The highest BCUT2D eigenvalue weighted by molar-refractivity contribution is 7.19. The summed E-state index contributed by atoms with van der Waals surface area (Å²) in [6.45, 7) is 1.53. The topological polar surface area (TPSA) is 97.1 Å². The molecule has 0 aromatic carbocycles. The lowest BCUT2D eigenvalue weighted by Crippen LogP contribution is -2.32. The normalized spacial score (nSPS) is 10.5. The second kappa shape index (κ2) is 6.71. The minimum absolute atomic E-state index is 0.156. The van der Waals surface area contributed by atoms with Gasteiger partial charge < -0.3 is 9.73 Å². The van der Waals surface area contributed by atoms with Crippen molar-refractivity contribution in [1.29, 1.82) is 0 Å². The molecule has 0 atom stereocenters. The molecular weight excluding hydrogens is 336 g/mol. The fourth-order valence-electron chi connectivity index (χ4n) is 1.82. The summed E-state index contributed by atoms with van der Waals surface area (Å²) in [5.41, 5.74) is 1.38. The molecule has 3 rings (SSSR count). The van der Waals surface area contributed by atoms with Gasteiger partial charge in [-0.05, 0) is 24.4 Å². The van der Waals surface area contributed by atoms with Crippen LogP contribution in [0.15, 0.2) is 33.6 Å². The molecule has 2 amide bonds. The fraction of sp³-hybridized carbons (Fsp3) is 0.143. The van der Waals surface area contributed by atoms with Gasteiger partial charge in [-0.3, -0.25) is 14.9 Å². The van der Waals surface area contributed by atoms with Crippen molar-refractivity contribution in [3.05, 3.63) is 40.5 Å². The second-order valence-corrected chi connectivity index (χ2v) is 6.30. The third-order valence-electron chi connectivity index (χ3n) is 2.95. The first-order valence-electron chi connectivity index (χ1n) is 6.61. The molecule has 0 radical (unpaired) electrons. The van der Waals surface area contributed by atoms with Crippen molar-refractivity contribution >= 4 is 39.6 Å². The second-order valence-electron chi connectivity index (χ2n) is 4.55. The minimum atomic E-state index is -0.368. The third kappa shape index (κ3) is 3.63. The maximum Gasteiger partial charge on any atom is 0.255 e. The van der Waals surface area contributed by atoms with Crippen LogP contribution >= 0.6 is 22.7 Å². The van der Waals surface area contributed by atoms with Gasteiger partial charge in [0.2, 0.25) is 11.0 Å². The summed E-state index contributed by atoms with van der Waals surface area (Å²) >= 11 is 2.84. The van der Waals surface area contributed by atoms with Crippen LogP contribution in [0.1, 0.15) is 16.1 Å². The van der Waals surface area contributed by atoms with Crippen LogP contribution in [-0.4, -0.2) is 28.6 Å². The molecule has 23 heavy (non-hydrogen) atoms. The number of furan rings is 1. The zero-order valence-electron chi connectivity index (χ0n) is 12.0. The number of amides is 2. The van der Waals surface area contributed by atoms with Crippen LogP contribution in [0.2, 0.25) is 0 Å². The Kier molecular flexibility index (Phi) is 4.49. The van der Waals surface area contributed by atoms with E-state index in [1.807, 2.05) is 16.8 Å². The highest BCUT2D eigenvalue weighted by atomic mass is 32.1. The minimum Gasteiger partial charge on any atom is -0.469 e. The SMILES string of the molecule is Cc1occc1C(=O)NCC(=O)Nc1nnc(-c2ccsc2)s1. The van der Waals surface area contributed by atoms with E-state index in [1.54, 1.807) is 24.3 Å². The van der Waals surface area contributed by atoms with Crippen LogP contribution in [-0.2, 0) is 4.79 Å². The summed E-state index contributed by atoms with van der Waals surface area (Å²) in [4.78, 5) is 23.7. The average molecular weight is 348 g/mol. The molecule has 3 heterocycles. The Hall–Kier alpha value is -2.52. The Morgan fingerprint density at radius 3 is 2.87 bits per heavy atom. The van der Waals surface area contributed by atoms with Crippen LogP contribution < -0.4 is 10.6 Å². The predicted molar refractivity (Wildman–Crippen MR) is 87.6 cm³/mol. The van der Waals surface area contributed by atoms with E-state index in [2.05, 4.69) is 20.8 Å². The molecule has 0 aliphatic carbocycles. The van der Waals surface area contributed by atoms with Crippen molar-refractivity contribution < 1.29 is 14.0 Å². The molecule has 118 valence electrons. The molecule has 3 aromatic heterocycles. The van der Waals surface area contributed by atoms with Crippen molar-refractivity contribution in [3.63, 3.8) is 0 Å². The summed E-state index contributed by atoms with van der Waals surface area (Å²) in [5, 5.41) is 18.1. The van der Waals surface area contributed by atoms with E-state index in [4.69, 9.17) is 4.42 Å². The summed E-state index contributed by atoms with van der Waals surface area (Å²) in [6, 6.07) is 3.49. The lowest BCUT2D eigenvalue weighted by molar-refractivity contribution is -0.115. The number of thiophene rings is 1. The summed E-state index contributed by atoms with van der Waals surface area (Å²) in [7, 11) is 0. The molecule has 0 saturated carbocycles. The Morgan fingerprint density at radius 1 is 1.30 bits per heavy atom. The molecule has 7 nitrogen and oxygen atoms in total. The van der Waals surface area contributed by atoms with Crippen molar-refractivity contribution in [2.45, 2.75) is 6.92 Å². The Labute approximate surface area is 139 Å². The highest BCUT2D eigenvalue weighted by Crippen LogP contribution is 2.27. The van der Waals surface area contributed by atoms with E-state index < -0.39 is 0 Å². The molecule has 0 spiro atoms. The van der Waals surface area contributed by atoms with Crippen molar-refractivity contribution in [1.82, 2.24) is 15.5 Å². The van der Waals surface area contributed by atoms with Crippen LogP contribution in [0.3, 0.4) is 0 Å². The molecule has 0 aliphatic rings. The number of anilines is 1. The van der Waals surface area contributed by atoms with E-state index in [1.165, 1.54) is 17.6 Å². The molecule has 2 N–H and O–H groups in total. The molecule has 9 heteroatoms. The van der Waals surface area contributed by atoms with Gasteiger partial charge in [-0.25, -0.2) is 0 Å². The number of carbonyl (C=O) groups is 2. The van der Waals surface area contributed by atoms with E-state index in [0.29, 0.717) is 16.5 Å². The molecule has 0 unspecified atom stereocenters. The molecule has 0 saturated heterocycles. The van der Waals surface area contributed by atoms with Crippen LogP contribution in [0, 0.1) is 6.92 Å². The average Bonchev–Trinajstić information content (AvgIpc) is 3.25. The zero-order chi connectivity index (χ0) is 16.2. The van der Waals surface area contributed by atoms with Gasteiger partial charge in [-0.2, -0.15) is 11.3 Å². The van der Waals surface area contributed by atoms with Crippen LogP contribution in [0.5, 0.6) is 0 Å². The molecule has 0 aliphatic heterocycles. The summed E-state index contributed by atoms with van der Waals surface area (Å²) in [6.07, 6.45) is 1.43. The molecule has 0 fully saturated rings. The first-order chi connectivity index (χ1) is 11.1. The molecular formula is C14H12N4O3S2. The maximum atomic E-state index is 11.9. The number of hydrogen-bond donors (Lipinski definition) is 2. The number of nitrogens with one attached hydrogen (secondary N) is 2. The van der Waals surface area contributed by atoms with E-state index in [0.717, 1.165) is 10.6 Å². The van der Waals surface area contributed by atoms with E-state index in [9.17, 15) is 9.59 Å². The van der Waals surface area contributed by atoms with E-state index >= 15 is 0 Å². The fourth-order valence-corrected chi connectivity index (χ4v) is 3.29. The summed E-state index contributed by atoms with van der Waals surface area (Å²) < 4.78 is 5.05. The molecule has 3 aromatic rings. The van der Waals surface area contributed by atoms with Gasteiger partial charge in [0.25, 0.3) is 5.91 Å². The first-order valence-corrected chi connectivity index (χ1v) is 8.37. The third-order valence-corrected chi connectivity index (χ3v) is 4.52. The molecule has 0 bridgehead atoms. The van der Waals surface area contributed by atoms with Gasteiger partial charge in [0.05, 0.1) is 18.4 Å². The Morgan fingerprint density at radius 2 is 2.17 bits per heavy atom. The lowest BCUT2D eigenvalue weighted by Gasteiger charge is -2.03. The quantitative estimate of drug-likeness (QED) is 0.738. The van der Waals surface area contributed by atoms with Gasteiger partial charge in [-0.15, -0.1) is 10.2 Å².